The second-order valence-corrected chi connectivity index (χ2v) is 9.88. The number of hydrogen-bond acceptors (Lipinski definition) is 5. The van der Waals surface area contributed by atoms with Crippen LogP contribution in [0.2, 0.25) is 5.02 Å². The van der Waals surface area contributed by atoms with Gasteiger partial charge in [-0.05, 0) is 36.9 Å². The first kappa shape index (κ1) is 24.5. The van der Waals surface area contributed by atoms with Crippen LogP contribution in [0.25, 0.3) is 11.3 Å². The van der Waals surface area contributed by atoms with Gasteiger partial charge >= 0.3 is 0 Å². The topological polar surface area (TPSA) is 73.7 Å². The monoisotopic (exact) mass is 506 g/mol. The third-order valence-electron chi connectivity index (χ3n) is 6.88. The molecule has 188 valence electrons. The van der Waals surface area contributed by atoms with E-state index < -0.39 is 0 Å². The molecule has 3 heterocycles. The smallest absolute Gasteiger partial charge is 0.251 e. The Bertz CT molecular complexity index is 1220. The SMILES string of the molecule is CN1CCN(CCNC(=O)c2ccc(CN3C(=O)CCn4nc(-c5ccc(Cl)cc5)cc43)cc2)CC1. The van der Waals surface area contributed by atoms with Crippen LogP contribution in [0.4, 0.5) is 5.82 Å². The fourth-order valence-electron chi connectivity index (χ4n) is 4.63. The molecule has 1 N–H and O–H groups in total. The number of carbonyl (C=O) groups is 2. The molecular formula is C27H31ClN6O2. The lowest BCUT2D eigenvalue weighted by Crippen LogP contribution is -2.46. The van der Waals surface area contributed by atoms with E-state index in [4.69, 9.17) is 16.7 Å². The quantitative estimate of drug-likeness (QED) is 0.533. The summed E-state index contributed by atoms with van der Waals surface area (Å²) in [5.41, 5.74) is 3.35. The van der Waals surface area contributed by atoms with Crippen LogP contribution in [0.15, 0.2) is 54.6 Å². The van der Waals surface area contributed by atoms with Gasteiger partial charge in [0.2, 0.25) is 5.91 Å². The molecule has 1 saturated heterocycles. The summed E-state index contributed by atoms with van der Waals surface area (Å²) in [4.78, 5) is 31.8. The number of anilines is 1. The first-order chi connectivity index (χ1) is 17.5. The number of carbonyl (C=O) groups excluding carboxylic acids is 2. The molecule has 2 aliphatic heterocycles. The maximum absolute atomic E-state index is 12.8. The van der Waals surface area contributed by atoms with E-state index in [2.05, 4.69) is 22.2 Å². The van der Waals surface area contributed by atoms with Crippen molar-refractivity contribution in [1.29, 1.82) is 0 Å². The Kier molecular flexibility index (Phi) is 7.36. The molecule has 8 nitrogen and oxygen atoms in total. The standard InChI is InChI=1S/C27H31ClN6O2/c1-31-14-16-32(17-15-31)13-11-29-27(36)22-4-2-20(3-5-22)19-33-25-18-24(21-6-8-23(28)9-7-21)30-34(25)12-10-26(33)35/h2-9,18H,10-17,19H2,1H3,(H,29,36). The summed E-state index contributed by atoms with van der Waals surface area (Å²) in [5, 5.41) is 8.40. The van der Waals surface area contributed by atoms with E-state index >= 15 is 0 Å². The molecule has 3 aromatic rings. The molecular weight excluding hydrogens is 476 g/mol. The molecule has 2 amide bonds. The van der Waals surface area contributed by atoms with Gasteiger partial charge in [-0.25, -0.2) is 4.68 Å². The maximum Gasteiger partial charge on any atom is 0.251 e. The lowest BCUT2D eigenvalue weighted by molar-refractivity contribution is -0.119. The first-order valence-electron chi connectivity index (χ1n) is 12.4. The van der Waals surface area contributed by atoms with E-state index in [0.29, 0.717) is 36.6 Å². The fraction of sp³-hybridized carbons (Fsp3) is 0.370. The van der Waals surface area contributed by atoms with Crippen molar-refractivity contribution >= 4 is 29.2 Å². The van der Waals surface area contributed by atoms with Gasteiger partial charge in [0.25, 0.3) is 5.91 Å². The van der Waals surface area contributed by atoms with Crippen molar-refractivity contribution in [1.82, 2.24) is 24.9 Å². The molecule has 0 saturated carbocycles. The zero-order valence-electron chi connectivity index (χ0n) is 20.5. The third kappa shape index (κ3) is 5.61. The molecule has 0 spiro atoms. The van der Waals surface area contributed by atoms with Gasteiger partial charge < -0.3 is 10.2 Å². The lowest BCUT2D eigenvalue weighted by atomic mass is 10.1. The summed E-state index contributed by atoms with van der Waals surface area (Å²) in [6.07, 6.45) is 0.405. The van der Waals surface area contributed by atoms with Gasteiger partial charge in [-0.15, -0.1) is 0 Å². The minimum atomic E-state index is -0.0737. The molecule has 0 unspecified atom stereocenters. The van der Waals surface area contributed by atoms with Crippen LogP contribution in [-0.2, 0) is 17.9 Å². The van der Waals surface area contributed by atoms with Gasteiger partial charge in [0, 0.05) is 67.9 Å². The van der Waals surface area contributed by atoms with Gasteiger partial charge in [0.05, 0.1) is 18.8 Å². The van der Waals surface area contributed by atoms with Crippen molar-refractivity contribution in [3.8, 4) is 11.3 Å². The van der Waals surface area contributed by atoms with Gasteiger partial charge in [-0.2, -0.15) is 5.10 Å². The fourth-order valence-corrected chi connectivity index (χ4v) is 4.76. The van der Waals surface area contributed by atoms with Gasteiger partial charge in [0.15, 0.2) is 0 Å². The van der Waals surface area contributed by atoms with E-state index in [1.54, 1.807) is 4.90 Å². The second kappa shape index (κ2) is 10.8. The van der Waals surface area contributed by atoms with E-state index in [1.807, 2.05) is 59.3 Å². The molecule has 36 heavy (non-hydrogen) atoms. The zero-order chi connectivity index (χ0) is 25.1. The predicted octanol–water partition coefficient (Wildman–Crippen LogP) is 3.12. The molecule has 9 heteroatoms. The number of nitrogens with zero attached hydrogens (tertiary/aromatic N) is 5. The van der Waals surface area contributed by atoms with Crippen molar-refractivity contribution in [2.45, 2.75) is 19.5 Å². The summed E-state index contributed by atoms with van der Waals surface area (Å²) >= 11 is 6.02. The highest BCUT2D eigenvalue weighted by Gasteiger charge is 2.26. The number of halogens is 1. The molecule has 0 bridgehead atoms. The van der Waals surface area contributed by atoms with Crippen LogP contribution in [-0.4, -0.2) is 77.7 Å². The highest BCUT2D eigenvalue weighted by molar-refractivity contribution is 6.30. The highest BCUT2D eigenvalue weighted by atomic mass is 35.5. The number of amides is 2. The summed E-state index contributed by atoms with van der Waals surface area (Å²) < 4.78 is 1.88. The van der Waals surface area contributed by atoms with E-state index in [9.17, 15) is 9.59 Å². The number of nitrogens with one attached hydrogen (secondary N) is 1. The molecule has 0 atom stereocenters. The van der Waals surface area contributed by atoms with Gasteiger partial charge in [-0.1, -0.05) is 35.9 Å². The third-order valence-corrected chi connectivity index (χ3v) is 7.13. The van der Waals surface area contributed by atoms with Crippen LogP contribution in [0.1, 0.15) is 22.3 Å². The molecule has 1 aromatic heterocycles. The summed E-state index contributed by atoms with van der Waals surface area (Å²) in [7, 11) is 2.14. The average molecular weight is 507 g/mol. The molecule has 5 rings (SSSR count). The normalized spacial score (nSPS) is 16.7. The van der Waals surface area contributed by atoms with Crippen LogP contribution < -0.4 is 10.2 Å². The maximum atomic E-state index is 12.8. The van der Waals surface area contributed by atoms with E-state index in [1.165, 1.54) is 0 Å². The highest BCUT2D eigenvalue weighted by Crippen LogP contribution is 2.30. The van der Waals surface area contributed by atoms with Crippen LogP contribution in [0, 0.1) is 0 Å². The largest absolute Gasteiger partial charge is 0.351 e. The number of fused-ring (bicyclic) bond motifs is 1. The van der Waals surface area contributed by atoms with Gasteiger partial charge in [0.1, 0.15) is 5.82 Å². The Morgan fingerprint density at radius 2 is 1.72 bits per heavy atom. The lowest BCUT2D eigenvalue weighted by Gasteiger charge is -2.32. The number of piperazine rings is 1. The van der Waals surface area contributed by atoms with Crippen molar-refractivity contribution in [2.75, 3.05) is 51.2 Å². The molecule has 0 aliphatic carbocycles. The Hall–Kier alpha value is -3.20. The zero-order valence-corrected chi connectivity index (χ0v) is 21.2. The minimum absolute atomic E-state index is 0.0655. The predicted molar refractivity (Wildman–Crippen MR) is 141 cm³/mol. The Morgan fingerprint density at radius 1 is 1.00 bits per heavy atom. The Labute approximate surface area is 216 Å². The molecule has 1 fully saturated rings. The molecule has 2 aromatic carbocycles. The van der Waals surface area contributed by atoms with E-state index in [-0.39, 0.29) is 11.8 Å². The second-order valence-electron chi connectivity index (χ2n) is 9.45. The van der Waals surface area contributed by atoms with Crippen molar-refractivity contribution in [2.24, 2.45) is 0 Å². The molecule has 0 radical (unpaired) electrons. The van der Waals surface area contributed by atoms with Gasteiger partial charge in [-0.3, -0.25) is 19.4 Å². The van der Waals surface area contributed by atoms with Crippen LogP contribution in [0.3, 0.4) is 0 Å². The summed E-state index contributed by atoms with van der Waals surface area (Å²) in [6.45, 7) is 6.69. The Morgan fingerprint density at radius 3 is 2.44 bits per heavy atom. The number of rotatable bonds is 7. The molecule has 2 aliphatic rings. The van der Waals surface area contributed by atoms with Crippen molar-refractivity contribution in [3.63, 3.8) is 0 Å². The van der Waals surface area contributed by atoms with Crippen LogP contribution >= 0.6 is 11.6 Å². The number of benzene rings is 2. The summed E-state index contributed by atoms with van der Waals surface area (Å²) in [5.74, 6) is 0.771. The van der Waals surface area contributed by atoms with Crippen LogP contribution in [0.5, 0.6) is 0 Å². The number of hydrogen-bond donors (Lipinski definition) is 1. The Balaban J connectivity index is 1.20. The number of likely N-dealkylation sites (N-methyl/N-ethyl adjacent to an activating group) is 1. The number of aryl methyl sites for hydroxylation is 1. The van der Waals surface area contributed by atoms with E-state index in [0.717, 1.165) is 55.4 Å². The van der Waals surface area contributed by atoms with Crippen molar-refractivity contribution < 1.29 is 9.59 Å². The first-order valence-corrected chi connectivity index (χ1v) is 12.8. The van der Waals surface area contributed by atoms with Crippen molar-refractivity contribution in [3.05, 3.63) is 70.7 Å². The summed E-state index contributed by atoms with van der Waals surface area (Å²) in [6, 6.07) is 17.0. The number of aromatic nitrogens is 2. The minimum Gasteiger partial charge on any atom is -0.351 e. The average Bonchev–Trinajstić information content (AvgIpc) is 3.32.